The molecular weight excluding hydrogens is 192 g/mol. The third kappa shape index (κ3) is 3.18. The van der Waals surface area contributed by atoms with Gasteiger partial charge < -0.3 is 15.7 Å². The fourth-order valence-corrected chi connectivity index (χ4v) is 2.06. The molecule has 3 N–H and O–H groups in total. The Morgan fingerprint density at radius 3 is 2.67 bits per heavy atom. The van der Waals surface area contributed by atoms with Crippen molar-refractivity contribution in [2.45, 2.75) is 33.2 Å². The molecule has 4 nitrogen and oxygen atoms in total. The molecule has 1 aliphatic heterocycles. The minimum atomic E-state index is -0.730. The summed E-state index contributed by atoms with van der Waals surface area (Å²) in [6, 6.07) is 0.211. The van der Waals surface area contributed by atoms with Gasteiger partial charge in [0, 0.05) is 19.1 Å². The van der Waals surface area contributed by atoms with E-state index in [0.717, 1.165) is 19.5 Å². The molecule has 0 aromatic heterocycles. The Hall–Kier alpha value is -0.610. The van der Waals surface area contributed by atoms with E-state index in [-0.39, 0.29) is 6.04 Å². The van der Waals surface area contributed by atoms with Crippen molar-refractivity contribution < 1.29 is 9.90 Å². The van der Waals surface area contributed by atoms with Crippen LogP contribution in [0, 0.1) is 11.3 Å². The summed E-state index contributed by atoms with van der Waals surface area (Å²) in [5, 5.41) is 9.03. The van der Waals surface area contributed by atoms with Crippen molar-refractivity contribution in [3.63, 3.8) is 0 Å². The Balaban J connectivity index is 2.46. The highest BCUT2D eigenvalue weighted by molar-refractivity contribution is 5.73. The van der Waals surface area contributed by atoms with Crippen LogP contribution in [0.15, 0.2) is 0 Å². The van der Waals surface area contributed by atoms with Gasteiger partial charge in [-0.25, -0.2) is 0 Å². The smallest absolute Gasteiger partial charge is 0.310 e. The Labute approximate surface area is 91.4 Å². The number of nitrogens with zero attached hydrogens (tertiary/aromatic N) is 1. The summed E-state index contributed by atoms with van der Waals surface area (Å²) in [6.07, 6.45) is 1.09. The fraction of sp³-hybridized carbons (Fsp3) is 0.909. The van der Waals surface area contributed by atoms with E-state index >= 15 is 0 Å². The van der Waals surface area contributed by atoms with Crippen molar-refractivity contribution in [1.82, 2.24) is 4.90 Å². The average molecular weight is 214 g/mol. The summed E-state index contributed by atoms with van der Waals surface area (Å²) in [5.74, 6) is -0.207. The van der Waals surface area contributed by atoms with Gasteiger partial charge in [-0.1, -0.05) is 0 Å². The molecule has 0 saturated carbocycles. The van der Waals surface area contributed by atoms with Gasteiger partial charge in [-0.3, -0.25) is 4.79 Å². The van der Waals surface area contributed by atoms with Crippen LogP contribution in [0.5, 0.6) is 0 Å². The minimum absolute atomic E-state index is 0.211. The van der Waals surface area contributed by atoms with E-state index < -0.39 is 11.4 Å². The van der Waals surface area contributed by atoms with Crippen LogP contribution in [-0.4, -0.2) is 41.7 Å². The average Bonchev–Trinajstić information content (AvgIpc) is 2.51. The molecule has 0 amide bonds. The number of carboxylic acids is 1. The van der Waals surface area contributed by atoms with Crippen LogP contribution in [0.25, 0.3) is 0 Å². The Kier molecular flexibility index (Phi) is 3.73. The normalized spacial score (nSPS) is 25.5. The zero-order valence-electron chi connectivity index (χ0n) is 9.86. The van der Waals surface area contributed by atoms with Gasteiger partial charge in [-0.2, -0.15) is 0 Å². The number of rotatable bonds is 4. The van der Waals surface area contributed by atoms with Gasteiger partial charge in [-0.05, 0) is 39.7 Å². The first-order valence-corrected chi connectivity index (χ1v) is 5.54. The quantitative estimate of drug-likeness (QED) is 0.725. The van der Waals surface area contributed by atoms with Crippen molar-refractivity contribution in [2.75, 3.05) is 19.6 Å². The van der Waals surface area contributed by atoms with Gasteiger partial charge in [0.2, 0.25) is 0 Å². The molecule has 1 saturated heterocycles. The molecule has 1 rings (SSSR count). The molecule has 1 fully saturated rings. The van der Waals surface area contributed by atoms with Crippen molar-refractivity contribution in [3.8, 4) is 0 Å². The molecule has 0 aromatic rings. The van der Waals surface area contributed by atoms with Gasteiger partial charge >= 0.3 is 5.97 Å². The van der Waals surface area contributed by atoms with Gasteiger partial charge in [0.25, 0.3) is 0 Å². The summed E-state index contributed by atoms with van der Waals surface area (Å²) in [7, 11) is 0. The molecule has 2 unspecified atom stereocenters. The van der Waals surface area contributed by atoms with Crippen molar-refractivity contribution >= 4 is 5.97 Å². The zero-order valence-corrected chi connectivity index (χ0v) is 9.86. The maximum Gasteiger partial charge on any atom is 0.310 e. The molecule has 0 radical (unpaired) electrons. The number of hydrogen-bond acceptors (Lipinski definition) is 3. The molecule has 2 atom stereocenters. The van der Waals surface area contributed by atoms with Crippen molar-refractivity contribution in [3.05, 3.63) is 0 Å². The minimum Gasteiger partial charge on any atom is -0.481 e. The van der Waals surface area contributed by atoms with Crippen LogP contribution in [-0.2, 0) is 4.79 Å². The predicted molar refractivity (Wildman–Crippen MR) is 59.6 cm³/mol. The lowest BCUT2D eigenvalue weighted by Crippen LogP contribution is -2.39. The SMILES string of the molecule is CC(N)C1CCN(CC(C)(C)C(=O)O)C1. The second-order valence-electron chi connectivity index (χ2n) is 5.33. The Bertz CT molecular complexity index is 239. The first kappa shape index (κ1) is 12.5. The predicted octanol–water partition coefficient (Wildman–Crippen LogP) is 0.766. The number of carbonyl (C=O) groups is 1. The number of hydrogen-bond donors (Lipinski definition) is 2. The molecule has 88 valence electrons. The highest BCUT2D eigenvalue weighted by Gasteiger charge is 2.33. The van der Waals surface area contributed by atoms with E-state index in [1.165, 1.54) is 0 Å². The van der Waals surface area contributed by atoms with Crippen molar-refractivity contribution in [1.29, 1.82) is 0 Å². The number of nitrogens with two attached hydrogens (primary N) is 1. The van der Waals surface area contributed by atoms with E-state index in [9.17, 15) is 4.79 Å². The molecule has 0 aliphatic carbocycles. The molecular formula is C11H22N2O2. The highest BCUT2D eigenvalue weighted by atomic mass is 16.4. The molecule has 4 heteroatoms. The van der Waals surface area contributed by atoms with Gasteiger partial charge in [0.05, 0.1) is 5.41 Å². The maximum atomic E-state index is 11.0. The van der Waals surface area contributed by atoms with Crippen LogP contribution in [0.1, 0.15) is 27.2 Å². The molecule has 1 heterocycles. The molecule has 0 bridgehead atoms. The first-order chi connectivity index (χ1) is 6.83. The van der Waals surface area contributed by atoms with Crippen LogP contribution in [0.2, 0.25) is 0 Å². The summed E-state index contributed by atoms with van der Waals surface area (Å²) in [6.45, 7) is 8.10. The van der Waals surface area contributed by atoms with Crippen molar-refractivity contribution in [2.24, 2.45) is 17.1 Å². The molecule has 0 spiro atoms. The van der Waals surface area contributed by atoms with E-state index in [1.54, 1.807) is 13.8 Å². The standard InChI is InChI=1S/C11H22N2O2/c1-8(12)9-4-5-13(6-9)7-11(2,3)10(14)15/h8-9H,4-7,12H2,1-3H3,(H,14,15). The van der Waals surface area contributed by atoms with E-state index in [2.05, 4.69) is 4.90 Å². The van der Waals surface area contributed by atoms with E-state index in [1.807, 2.05) is 6.92 Å². The first-order valence-electron chi connectivity index (χ1n) is 5.54. The summed E-state index contributed by atoms with van der Waals surface area (Å²) in [4.78, 5) is 13.2. The van der Waals surface area contributed by atoms with Crippen LogP contribution >= 0.6 is 0 Å². The topological polar surface area (TPSA) is 66.6 Å². The third-order valence-corrected chi connectivity index (χ3v) is 3.25. The van der Waals surface area contributed by atoms with Gasteiger partial charge in [0.1, 0.15) is 0 Å². The molecule has 1 aliphatic rings. The van der Waals surface area contributed by atoms with Gasteiger partial charge in [-0.15, -0.1) is 0 Å². The number of aliphatic carboxylic acids is 1. The highest BCUT2D eigenvalue weighted by Crippen LogP contribution is 2.24. The summed E-state index contributed by atoms with van der Waals surface area (Å²) in [5.41, 5.74) is 5.18. The molecule has 0 aromatic carbocycles. The summed E-state index contributed by atoms with van der Waals surface area (Å²) >= 11 is 0. The van der Waals surface area contributed by atoms with Crippen LogP contribution < -0.4 is 5.73 Å². The lowest BCUT2D eigenvalue weighted by Gasteiger charge is -2.26. The molecule has 15 heavy (non-hydrogen) atoms. The van der Waals surface area contributed by atoms with Gasteiger partial charge in [0.15, 0.2) is 0 Å². The lowest BCUT2D eigenvalue weighted by molar-refractivity contribution is -0.147. The largest absolute Gasteiger partial charge is 0.481 e. The zero-order chi connectivity index (χ0) is 11.6. The second-order valence-corrected chi connectivity index (χ2v) is 5.33. The van der Waals surface area contributed by atoms with E-state index in [4.69, 9.17) is 10.8 Å². The van der Waals surface area contributed by atoms with Crippen LogP contribution in [0.3, 0.4) is 0 Å². The summed E-state index contributed by atoms with van der Waals surface area (Å²) < 4.78 is 0. The fourth-order valence-electron chi connectivity index (χ4n) is 2.06. The second kappa shape index (κ2) is 4.49. The third-order valence-electron chi connectivity index (χ3n) is 3.25. The maximum absolute atomic E-state index is 11.0. The Morgan fingerprint density at radius 1 is 1.67 bits per heavy atom. The van der Waals surface area contributed by atoms with E-state index in [0.29, 0.717) is 12.5 Å². The van der Waals surface area contributed by atoms with Crippen LogP contribution in [0.4, 0.5) is 0 Å². The Morgan fingerprint density at radius 2 is 2.27 bits per heavy atom. The number of likely N-dealkylation sites (tertiary alicyclic amines) is 1. The number of carboxylic acid groups (broad SMARTS) is 1. The lowest BCUT2D eigenvalue weighted by atomic mass is 9.93. The monoisotopic (exact) mass is 214 g/mol.